The third-order valence-corrected chi connectivity index (χ3v) is 4.74. The molecule has 0 bridgehead atoms. The van der Waals surface area contributed by atoms with Crippen molar-refractivity contribution in [3.8, 4) is 0 Å². The predicted molar refractivity (Wildman–Crippen MR) is 99.4 cm³/mol. The van der Waals surface area contributed by atoms with Crippen LogP contribution in [0.2, 0.25) is 0 Å². The molecule has 0 aliphatic carbocycles. The first kappa shape index (κ1) is 28.1. The van der Waals surface area contributed by atoms with Crippen molar-refractivity contribution >= 4 is 5.97 Å². The van der Waals surface area contributed by atoms with E-state index < -0.39 is 68.6 Å². The van der Waals surface area contributed by atoms with Gasteiger partial charge in [-0.1, -0.05) is 26.0 Å². The number of carbonyl (C=O) groups excluding carboxylic acids is 1. The summed E-state index contributed by atoms with van der Waals surface area (Å²) < 4.78 is 122. The first-order valence-corrected chi connectivity index (χ1v) is 9.93. The zero-order chi connectivity index (χ0) is 24.8. The lowest BCUT2D eigenvalue weighted by Crippen LogP contribution is -2.37. The fourth-order valence-electron chi connectivity index (χ4n) is 3.03. The van der Waals surface area contributed by atoms with Crippen LogP contribution in [0.15, 0.2) is 24.3 Å². The van der Waals surface area contributed by atoms with Crippen LogP contribution in [-0.2, 0) is 4.74 Å². The summed E-state index contributed by atoms with van der Waals surface area (Å²) in [5.74, 6) is -14.3. The molecular weight excluding hydrogens is 455 g/mol. The minimum absolute atomic E-state index is 0.169. The molecule has 0 radical (unpaired) electrons. The monoisotopic (exact) mass is 480 g/mol. The molecule has 1 aromatic carbocycles. The van der Waals surface area contributed by atoms with Crippen LogP contribution in [-0.4, -0.2) is 36.5 Å². The number of ether oxygens (including phenoxy) is 1. The fourth-order valence-corrected chi connectivity index (χ4v) is 3.03. The van der Waals surface area contributed by atoms with Gasteiger partial charge in [-0.25, -0.2) is 31.1 Å². The van der Waals surface area contributed by atoms with Crippen LogP contribution in [0.25, 0.3) is 0 Å². The summed E-state index contributed by atoms with van der Waals surface area (Å²) in [6, 6.07) is 6.44. The van der Waals surface area contributed by atoms with E-state index in [-0.39, 0.29) is 11.5 Å². The molecule has 184 valence electrons. The maximum Gasteiger partial charge on any atom is 0.394 e. The van der Waals surface area contributed by atoms with Crippen LogP contribution in [0.5, 0.6) is 0 Å². The first-order chi connectivity index (χ1) is 14.5. The number of rotatable bonds is 12. The van der Waals surface area contributed by atoms with Crippen molar-refractivity contribution in [3.05, 3.63) is 35.4 Å². The first-order valence-electron chi connectivity index (χ1n) is 9.93. The van der Waals surface area contributed by atoms with Crippen LogP contribution in [0.3, 0.4) is 0 Å². The summed E-state index contributed by atoms with van der Waals surface area (Å²) in [7, 11) is 0. The highest BCUT2D eigenvalue weighted by Gasteiger charge is 2.53. The number of hydrogen-bond acceptors (Lipinski definition) is 2. The quantitative estimate of drug-likeness (QED) is 0.174. The van der Waals surface area contributed by atoms with Gasteiger partial charge in [0, 0.05) is 6.42 Å². The largest absolute Gasteiger partial charge is 0.462 e. The van der Waals surface area contributed by atoms with Crippen LogP contribution < -0.4 is 0 Å². The minimum atomic E-state index is -5.42. The molecule has 0 aliphatic heterocycles. The van der Waals surface area contributed by atoms with Crippen LogP contribution in [0.1, 0.15) is 74.2 Å². The normalized spacial score (nSPS) is 14.3. The lowest BCUT2D eigenvalue weighted by molar-refractivity contribution is -0.214. The molecule has 0 saturated heterocycles. The van der Waals surface area contributed by atoms with Crippen molar-refractivity contribution < 1.29 is 49.0 Å². The van der Waals surface area contributed by atoms with E-state index in [1.807, 2.05) is 13.8 Å². The molecule has 1 atom stereocenters. The molecule has 0 saturated carbocycles. The Labute approximate surface area is 180 Å². The zero-order valence-electron chi connectivity index (χ0n) is 17.6. The second-order valence-electron chi connectivity index (χ2n) is 7.88. The summed E-state index contributed by atoms with van der Waals surface area (Å²) in [4.78, 5) is 11.9. The number of esters is 1. The average Bonchev–Trinajstić information content (AvgIpc) is 2.60. The topological polar surface area (TPSA) is 26.3 Å². The molecule has 0 amide bonds. The Hall–Kier alpha value is -1.94. The number of benzene rings is 1. The molecule has 0 fully saturated rings. The van der Waals surface area contributed by atoms with Crippen LogP contribution >= 0.6 is 0 Å². The van der Waals surface area contributed by atoms with Gasteiger partial charge in [-0.05, 0) is 36.5 Å². The summed E-state index contributed by atoms with van der Waals surface area (Å²) in [5, 5.41) is 0. The van der Waals surface area contributed by atoms with Crippen LogP contribution in [0.4, 0.5) is 39.5 Å². The third-order valence-electron chi connectivity index (χ3n) is 4.74. The Kier molecular flexibility index (Phi) is 9.47. The number of hydrogen-bond donors (Lipinski definition) is 0. The number of carbonyl (C=O) groups is 1. The van der Waals surface area contributed by atoms with Gasteiger partial charge in [0.25, 0.3) is 17.8 Å². The maximum atomic E-state index is 13.7. The van der Waals surface area contributed by atoms with Crippen molar-refractivity contribution in [2.24, 2.45) is 0 Å². The van der Waals surface area contributed by atoms with Crippen molar-refractivity contribution in [2.75, 3.05) is 6.61 Å². The lowest BCUT2D eigenvalue weighted by atomic mass is 9.98. The highest BCUT2D eigenvalue weighted by Crippen LogP contribution is 2.43. The van der Waals surface area contributed by atoms with E-state index in [0.717, 1.165) is 12.0 Å². The van der Waals surface area contributed by atoms with Gasteiger partial charge in [-0.2, -0.15) is 13.2 Å². The van der Waals surface area contributed by atoms with Crippen molar-refractivity contribution in [2.45, 2.75) is 82.2 Å². The van der Waals surface area contributed by atoms with Crippen molar-refractivity contribution in [3.63, 3.8) is 0 Å². The number of halogens is 9. The molecule has 0 N–H and O–H groups in total. The zero-order valence-corrected chi connectivity index (χ0v) is 17.6. The van der Waals surface area contributed by atoms with E-state index >= 15 is 0 Å². The highest BCUT2D eigenvalue weighted by molar-refractivity contribution is 5.89. The van der Waals surface area contributed by atoms with Gasteiger partial charge < -0.3 is 4.74 Å². The molecule has 2 nitrogen and oxygen atoms in total. The van der Waals surface area contributed by atoms with E-state index in [2.05, 4.69) is 0 Å². The Balaban J connectivity index is 2.51. The molecule has 0 aromatic heterocycles. The molecular formula is C21H25F9O2. The molecule has 0 heterocycles. The Morgan fingerprint density at radius 1 is 0.844 bits per heavy atom. The smallest absolute Gasteiger partial charge is 0.394 e. The Morgan fingerprint density at radius 2 is 1.34 bits per heavy atom. The Morgan fingerprint density at radius 3 is 1.84 bits per heavy atom. The van der Waals surface area contributed by atoms with Gasteiger partial charge in [0.1, 0.15) is 6.42 Å². The van der Waals surface area contributed by atoms with Gasteiger partial charge in [-0.15, -0.1) is 0 Å². The second-order valence-corrected chi connectivity index (χ2v) is 7.88. The fraction of sp³-hybridized carbons (Fsp3) is 0.667. The number of alkyl halides is 9. The molecule has 1 aromatic rings. The van der Waals surface area contributed by atoms with E-state index in [1.165, 1.54) is 12.1 Å². The van der Waals surface area contributed by atoms with E-state index in [0.29, 0.717) is 0 Å². The van der Waals surface area contributed by atoms with E-state index in [4.69, 9.17) is 4.74 Å². The maximum absolute atomic E-state index is 13.7. The summed E-state index contributed by atoms with van der Waals surface area (Å²) in [5.41, 5.74) is 1.16. The lowest BCUT2D eigenvalue weighted by Gasteiger charge is -2.27. The van der Waals surface area contributed by atoms with Crippen LogP contribution in [0, 0.1) is 0 Å². The molecule has 11 heteroatoms. The summed E-state index contributed by atoms with van der Waals surface area (Å²) in [6.45, 7) is 3.46. The summed E-state index contributed by atoms with van der Waals surface area (Å²) in [6.07, 6.45) is -14.1. The highest BCUT2D eigenvalue weighted by atomic mass is 19.4. The Bertz CT molecular complexity index is 728. The van der Waals surface area contributed by atoms with Gasteiger partial charge in [0.2, 0.25) is 0 Å². The van der Waals surface area contributed by atoms with Gasteiger partial charge >= 0.3 is 12.1 Å². The second kappa shape index (κ2) is 10.8. The molecule has 0 aliphatic rings. The average molecular weight is 480 g/mol. The van der Waals surface area contributed by atoms with E-state index in [9.17, 15) is 44.3 Å². The third kappa shape index (κ3) is 10.6. The SMILES string of the molecule is CCC(C)c1ccc(C(=O)OCCCC(F)(F)CC(F)(F)CC(F)(F)CC(F)(F)F)cc1. The standard InChI is InChI=1S/C21H25F9O2/c1-3-14(2)15-5-7-16(8-6-15)17(31)32-10-4-9-18(22,23)11-19(24,25)12-20(26,27)13-21(28,29)30/h5-8,14H,3-4,9-13H2,1-2H3. The predicted octanol–water partition coefficient (Wildman–Crippen LogP) is 7.78. The molecule has 1 unspecified atom stereocenters. The molecule has 1 rings (SSSR count). The van der Waals surface area contributed by atoms with E-state index in [1.54, 1.807) is 12.1 Å². The molecule has 32 heavy (non-hydrogen) atoms. The molecule has 0 spiro atoms. The minimum Gasteiger partial charge on any atom is -0.462 e. The van der Waals surface area contributed by atoms with Gasteiger partial charge in [-0.3, -0.25) is 0 Å². The van der Waals surface area contributed by atoms with Crippen molar-refractivity contribution in [1.82, 2.24) is 0 Å². The van der Waals surface area contributed by atoms with Gasteiger partial charge in [0.05, 0.1) is 25.0 Å². The van der Waals surface area contributed by atoms with Gasteiger partial charge in [0.15, 0.2) is 0 Å². The van der Waals surface area contributed by atoms with Crippen molar-refractivity contribution in [1.29, 1.82) is 0 Å². The summed E-state index contributed by atoms with van der Waals surface area (Å²) >= 11 is 0.